The first-order valence-corrected chi connectivity index (χ1v) is 9.86. The van der Waals surface area contributed by atoms with Crippen LogP contribution in [0.3, 0.4) is 0 Å². The van der Waals surface area contributed by atoms with E-state index >= 15 is 0 Å². The predicted molar refractivity (Wildman–Crippen MR) is 86.6 cm³/mol. The van der Waals surface area contributed by atoms with E-state index in [0.717, 1.165) is 18.5 Å². The second kappa shape index (κ2) is 3.28. The second-order valence-corrected chi connectivity index (χ2v) is 10.7. The van der Waals surface area contributed by atoms with Gasteiger partial charge in [0.05, 0.1) is 12.2 Å². The minimum Gasteiger partial charge on any atom is -0.392 e. The van der Waals surface area contributed by atoms with Crippen LogP contribution >= 0.6 is 0 Å². The van der Waals surface area contributed by atoms with Crippen molar-refractivity contribution in [2.75, 3.05) is 6.54 Å². The number of hydrogen-bond donors (Lipinski definition) is 3. The molecular weight excluding hydrogens is 302 g/mol. The maximum atomic E-state index is 11.9. The van der Waals surface area contributed by atoms with Gasteiger partial charge in [0, 0.05) is 35.8 Å². The van der Waals surface area contributed by atoms with E-state index in [1.54, 1.807) is 0 Å². The summed E-state index contributed by atoms with van der Waals surface area (Å²) in [7, 11) is 0. The number of rotatable bonds is 0. The second-order valence-electron chi connectivity index (χ2n) is 10.7. The van der Waals surface area contributed by atoms with Gasteiger partial charge in [0.15, 0.2) is 0 Å². The molecule has 3 N–H and O–H groups in total. The minimum atomic E-state index is -0.752. The fraction of sp³-hybridized carbons (Fsp3) is 0.900. The molecule has 2 unspecified atom stereocenters. The summed E-state index contributed by atoms with van der Waals surface area (Å²) in [5.74, 6) is 1.000. The van der Waals surface area contributed by atoms with Crippen LogP contribution in [0.15, 0.2) is 12.2 Å². The lowest BCUT2D eigenvalue weighted by Crippen LogP contribution is -2.71. The van der Waals surface area contributed by atoms with Gasteiger partial charge in [-0.15, -0.1) is 0 Å². The summed E-state index contributed by atoms with van der Waals surface area (Å²) in [6, 6.07) is 0.280. The molecule has 0 amide bonds. The first-order chi connectivity index (χ1) is 11.3. The predicted octanol–water partition coefficient (Wildman–Crippen LogP) is 1.11. The van der Waals surface area contributed by atoms with E-state index in [2.05, 4.69) is 18.4 Å². The van der Waals surface area contributed by atoms with Crippen molar-refractivity contribution in [1.82, 2.24) is 4.90 Å². The molecule has 4 heteroatoms. The van der Waals surface area contributed by atoms with Gasteiger partial charge in [-0.05, 0) is 48.0 Å². The topological polar surface area (TPSA) is 63.9 Å². The zero-order valence-corrected chi connectivity index (χ0v) is 14.3. The molecule has 6 aliphatic carbocycles. The van der Waals surface area contributed by atoms with Gasteiger partial charge in [-0.2, -0.15) is 0 Å². The van der Waals surface area contributed by atoms with E-state index in [9.17, 15) is 15.3 Å². The lowest BCUT2D eigenvalue weighted by Gasteiger charge is -2.67. The van der Waals surface area contributed by atoms with Gasteiger partial charge in [0.1, 0.15) is 5.72 Å². The molecule has 9 bridgehead atoms. The smallest absolute Gasteiger partial charge is 0.123 e. The van der Waals surface area contributed by atoms with E-state index in [1.807, 2.05) is 0 Å². The summed E-state index contributed by atoms with van der Waals surface area (Å²) >= 11 is 0. The number of hydrogen-bond acceptors (Lipinski definition) is 4. The Labute approximate surface area is 142 Å². The fourth-order valence-corrected chi connectivity index (χ4v) is 10.5. The standard InChI is InChI=1S/C20H27NO3/c1-9-10-6-11-18-5-3-4-17(2)8-21-14(18)12(13(10)22)19(11,15(9)23)7-20(21,24)16(17)18/h10-16,22-24H,1,3-8H2,2H3/t10-,11-,12+,13?,14+,15+,16+,17+,18-,19-,20+/m0/s1. The Hall–Kier alpha value is -0.420. The van der Waals surface area contributed by atoms with E-state index < -0.39 is 11.8 Å². The normalized spacial score (nSPS) is 76.1. The Morgan fingerprint density at radius 3 is 2.79 bits per heavy atom. The zero-order chi connectivity index (χ0) is 16.4. The van der Waals surface area contributed by atoms with Crippen LogP contribution in [0.5, 0.6) is 0 Å². The summed E-state index contributed by atoms with van der Waals surface area (Å²) in [5.41, 5.74) is 0.116. The molecule has 0 radical (unpaired) electrons. The molecule has 24 heavy (non-hydrogen) atoms. The monoisotopic (exact) mass is 329 g/mol. The molecule has 4 nitrogen and oxygen atoms in total. The molecule has 0 aromatic rings. The van der Waals surface area contributed by atoms with Gasteiger partial charge < -0.3 is 15.3 Å². The van der Waals surface area contributed by atoms with Crippen LogP contribution in [0.25, 0.3) is 0 Å². The molecule has 0 aromatic heterocycles. The highest BCUT2D eigenvalue weighted by atomic mass is 16.3. The first kappa shape index (κ1) is 13.7. The number of aliphatic hydroxyl groups is 3. The lowest BCUT2D eigenvalue weighted by atomic mass is 9.39. The first-order valence-electron chi connectivity index (χ1n) is 9.86. The summed E-state index contributed by atoms with van der Waals surface area (Å²) in [6.07, 6.45) is 4.37. The quantitative estimate of drug-likeness (QED) is 0.583. The van der Waals surface area contributed by atoms with Gasteiger partial charge in [-0.3, -0.25) is 4.90 Å². The Balaban J connectivity index is 1.56. The van der Waals surface area contributed by atoms with E-state index in [4.69, 9.17) is 0 Å². The summed E-state index contributed by atoms with van der Waals surface area (Å²) in [5, 5.41) is 34.3. The molecule has 6 saturated carbocycles. The van der Waals surface area contributed by atoms with Crippen LogP contribution in [-0.2, 0) is 0 Å². The molecular formula is C20H27NO3. The van der Waals surface area contributed by atoms with Crippen molar-refractivity contribution in [2.24, 2.45) is 39.9 Å². The third-order valence-electron chi connectivity index (χ3n) is 10.4. The van der Waals surface area contributed by atoms with Crippen molar-refractivity contribution in [3.8, 4) is 0 Å². The van der Waals surface area contributed by atoms with Crippen LogP contribution in [0.2, 0.25) is 0 Å². The van der Waals surface area contributed by atoms with E-state index in [0.29, 0.717) is 18.3 Å². The van der Waals surface area contributed by atoms with Crippen molar-refractivity contribution >= 4 is 0 Å². The van der Waals surface area contributed by atoms with Gasteiger partial charge in [-0.1, -0.05) is 19.9 Å². The summed E-state index contributed by atoms with van der Waals surface area (Å²) in [4.78, 5) is 2.41. The van der Waals surface area contributed by atoms with E-state index in [-0.39, 0.29) is 40.2 Å². The largest absolute Gasteiger partial charge is 0.392 e. The number of fused-ring (bicyclic) bond motifs is 1. The van der Waals surface area contributed by atoms with Crippen LogP contribution < -0.4 is 0 Å². The maximum absolute atomic E-state index is 11.9. The highest BCUT2D eigenvalue weighted by Gasteiger charge is 2.93. The highest BCUT2D eigenvalue weighted by molar-refractivity contribution is 5.44. The minimum absolute atomic E-state index is 0.0665. The Kier molecular flexibility index (Phi) is 1.88. The summed E-state index contributed by atoms with van der Waals surface area (Å²) in [6.45, 7) is 7.54. The average Bonchev–Trinajstić information content (AvgIpc) is 2.88. The Morgan fingerprint density at radius 1 is 1.21 bits per heavy atom. The third kappa shape index (κ3) is 0.903. The van der Waals surface area contributed by atoms with Gasteiger partial charge in [-0.25, -0.2) is 0 Å². The van der Waals surface area contributed by atoms with E-state index in [1.165, 1.54) is 19.3 Å². The maximum Gasteiger partial charge on any atom is 0.123 e. The molecule has 0 aromatic carbocycles. The zero-order valence-electron chi connectivity index (χ0n) is 14.3. The number of nitrogens with zero attached hydrogens (tertiary/aromatic N) is 1. The Morgan fingerprint density at radius 2 is 2.00 bits per heavy atom. The lowest BCUT2D eigenvalue weighted by molar-refractivity contribution is -0.267. The van der Waals surface area contributed by atoms with Crippen LogP contribution in [0.4, 0.5) is 0 Å². The SMILES string of the molecule is C=C1[C@@H](O)[C@@]23C[C@@]4(O)[C@@H]5[C@]6(C)CCC[C@@]57[C@@H]2C[C@@H]1C(O)[C@@H]3[C@H]7N4C6. The summed E-state index contributed by atoms with van der Waals surface area (Å²) < 4.78 is 0. The average molecular weight is 329 g/mol. The van der Waals surface area contributed by atoms with Crippen molar-refractivity contribution < 1.29 is 15.3 Å². The number of piperidine rings is 2. The third-order valence-corrected chi connectivity index (χ3v) is 10.4. The van der Waals surface area contributed by atoms with Crippen molar-refractivity contribution in [3.63, 3.8) is 0 Å². The van der Waals surface area contributed by atoms with Crippen LogP contribution in [0.1, 0.15) is 39.0 Å². The molecule has 2 spiro atoms. The van der Waals surface area contributed by atoms with Crippen LogP contribution in [-0.4, -0.2) is 50.7 Å². The van der Waals surface area contributed by atoms with Gasteiger partial charge in [0.2, 0.25) is 0 Å². The van der Waals surface area contributed by atoms with Gasteiger partial charge >= 0.3 is 0 Å². The number of aliphatic hydroxyl groups excluding tert-OH is 2. The van der Waals surface area contributed by atoms with Crippen LogP contribution in [0, 0.1) is 39.9 Å². The molecule has 3 heterocycles. The van der Waals surface area contributed by atoms with Gasteiger partial charge in [0.25, 0.3) is 0 Å². The molecule has 9 fully saturated rings. The van der Waals surface area contributed by atoms with Crippen molar-refractivity contribution in [2.45, 2.75) is 63.0 Å². The molecule has 3 aliphatic heterocycles. The Bertz CT molecular complexity index is 724. The molecule has 9 aliphatic rings. The molecule has 3 saturated heterocycles. The molecule has 130 valence electrons. The molecule has 12 atom stereocenters. The fourth-order valence-electron chi connectivity index (χ4n) is 10.5. The van der Waals surface area contributed by atoms with Crippen molar-refractivity contribution in [3.05, 3.63) is 12.2 Å². The highest BCUT2D eigenvalue weighted by Crippen LogP contribution is 2.88. The van der Waals surface area contributed by atoms with Crippen molar-refractivity contribution in [1.29, 1.82) is 0 Å². The molecule has 9 rings (SSSR count).